The summed E-state index contributed by atoms with van der Waals surface area (Å²) in [6, 6.07) is 6.27. The molecule has 14 heavy (non-hydrogen) atoms. The third-order valence-corrected chi connectivity index (χ3v) is 3.54. The summed E-state index contributed by atoms with van der Waals surface area (Å²) in [6.45, 7) is 4.92. The van der Waals surface area contributed by atoms with Gasteiger partial charge >= 0.3 is 0 Å². The third kappa shape index (κ3) is 1.65. The number of hydrogen-bond donors (Lipinski definition) is 1. The Morgan fingerprint density at radius 1 is 1.43 bits per heavy atom. The fourth-order valence-corrected chi connectivity index (χ4v) is 2.31. The van der Waals surface area contributed by atoms with Crippen LogP contribution in [-0.4, -0.2) is 4.98 Å². The van der Waals surface area contributed by atoms with Crippen LogP contribution in [0.25, 0.3) is 10.2 Å². The Balaban J connectivity index is 2.54. The fraction of sp³-hybridized carbons (Fsp3) is 0.364. The molecule has 74 valence electrons. The van der Waals surface area contributed by atoms with Crippen molar-refractivity contribution >= 4 is 21.6 Å². The number of benzene rings is 1. The van der Waals surface area contributed by atoms with Crippen LogP contribution in [0.4, 0.5) is 0 Å². The molecule has 2 nitrogen and oxygen atoms in total. The predicted molar refractivity (Wildman–Crippen MR) is 61.6 cm³/mol. The van der Waals surface area contributed by atoms with Gasteiger partial charge in [0.1, 0.15) is 0 Å². The van der Waals surface area contributed by atoms with Crippen LogP contribution in [0.3, 0.4) is 0 Å². The van der Waals surface area contributed by atoms with Crippen molar-refractivity contribution in [1.29, 1.82) is 0 Å². The van der Waals surface area contributed by atoms with Gasteiger partial charge in [0.25, 0.3) is 0 Å². The Morgan fingerprint density at radius 2 is 2.21 bits per heavy atom. The van der Waals surface area contributed by atoms with Crippen LogP contribution in [0.1, 0.15) is 30.3 Å². The van der Waals surface area contributed by atoms with Gasteiger partial charge in [0.2, 0.25) is 0 Å². The van der Waals surface area contributed by atoms with E-state index >= 15 is 0 Å². The number of nitrogens with two attached hydrogens (primary N) is 1. The molecule has 0 aliphatic carbocycles. The summed E-state index contributed by atoms with van der Waals surface area (Å²) in [5.74, 6) is 0.508. The van der Waals surface area contributed by atoms with E-state index in [0.29, 0.717) is 12.5 Å². The highest BCUT2D eigenvalue weighted by atomic mass is 32.1. The SMILES string of the molecule is CC(C)c1nc2cc(CN)ccc2s1. The minimum Gasteiger partial charge on any atom is -0.326 e. The Bertz CT molecular complexity index is 445. The zero-order valence-electron chi connectivity index (χ0n) is 8.45. The van der Waals surface area contributed by atoms with Gasteiger partial charge in [-0.3, -0.25) is 0 Å². The smallest absolute Gasteiger partial charge is 0.0963 e. The largest absolute Gasteiger partial charge is 0.326 e. The molecule has 0 unspecified atom stereocenters. The Morgan fingerprint density at radius 3 is 2.86 bits per heavy atom. The zero-order chi connectivity index (χ0) is 10.1. The monoisotopic (exact) mass is 206 g/mol. The van der Waals surface area contributed by atoms with E-state index in [1.807, 2.05) is 0 Å². The highest BCUT2D eigenvalue weighted by Gasteiger charge is 2.06. The first kappa shape index (κ1) is 9.62. The average Bonchev–Trinajstić information content (AvgIpc) is 2.59. The van der Waals surface area contributed by atoms with Crippen LogP contribution in [-0.2, 0) is 6.54 Å². The van der Waals surface area contributed by atoms with Crippen molar-refractivity contribution in [2.75, 3.05) is 0 Å². The maximum atomic E-state index is 5.58. The average molecular weight is 206 g/mol. The molecule has 2 N–H and O–H groups in total. The van der Waals surface area contributed by atoms with Crippen molar-refractivity contribution in [2.24, 2.45) is 5.73 Å². The molecule has 2 aromatic rings. The van der Waals surface area contributed by atoms with Gasteiger partial charge in [-0.1, -0.05) is 19.9 Å². The van der Waals surface area contributed by atoms with Crippen LogP contribution in [0.15, 0.2) is 18.2 Å². The molecule has 0 spiro atoms. The molecule has 2 rings (SSSR count). The molecular formula is C11H14N2S. The molecular weight excluding hydrogens is 192 g/mol. The van der Waals surface area contributed by atoms with Crippen LogP contribution in [0.5, 0.6) is 0 Å². The third-order valence-electron chi connectivity index (χ3n) is 2.20. The second-order valence-electron chi connectivity index (χ2n) is 3.71. The summed E-state index contributed by atoms with van der Waals surface area (Å²) in [4.78, 5) is 4.58. The second kappa shape index (κ2) is 3.67. The normalized spacial score (nSPS) is 11.4. The fourth-order valence-electron chi connectivity index (χ4n) is 1.36. The van der Waals surface area contributed by atoms with Crippen molar-refractivity contribution in [2.45, 2.75) is 26.3 Å². The van der Waals surface area contributed by atoms with Crippen molar-refractivity contribution in [3.63, 3.8) is 0 Å². The van der Waals surface area contributed by atoms with Crippen LogP contribution in [0, 0.1) is 0 Å². The maximum Gasteiger partial charge on any atom is 0.0963 e. The number of fused-ring (bicyclic) bond motifs is 1. The van der Waals surface area contributed by atoms with Gasteiger partial charge in [0.15, 0.2) is 0 Å². The summed E-state index contributed by atoms with van der Waals surface area (Å²) < 4.78 is 1.26. The molecule has 0 radical (unpaired) electrons. The molecule has 0 fully saturated rings. The quantitative estimate of drug-likeness (QED) is 0.820. The van der Waals surface area contributed by atoms with Crippen molar-refractivity contribution in [1.82, 2.24) is 4.98 Å². The van der Waals surface area contributed by atoms with Gasteiger partial charge in [-0.15, -0.1) is 11.3 Å². The van der Waals surface area contributed by atoms with Crippen LogP contribution >= 0.6 is 11.3 Å². The van der Waals surface area contributed by atoms with E-state index in [0.717, 1.165) is 11.1 Å². The van der Waals surface area contributed by atoms with Gasteiger partial charge in [-0.2, -0.15) is 0 Å². The lowest BCUT2D eigenvalue weighted by molar-refractivity contribution is 0.856. The molecule has 0 bridgehead atoms. The van der Waals surface area contributed by atoms with Gasteiger partial charge in [0.05, 0.1) is 15.2 Å². The molecule has 0 atom stereocenters. The molecule has 3 heteroatoms. The number of nitrogens with zero attached hydrogens (tertiary/aromatic N) is 1. The highest BCUT2D eigenvalue weighted by molar-refractivity contribution is 7.18. The van der Waals surface area contributed by atoms with Gasteiger partial charge < -0.3 is 5.73 Å². The minimum absolute atomic E-state index is 0.508. The summed E-state index contributed by atoms with van der Waals surface area (Å²) in [5, 5.41) is 1.20. The summed E-state index contributed by atoms with van der Waals surface area (Å²) in [7, 11) is 0. The van der Waals surface area contributed by atoms with E-state index in [9.17, 15) is 0 Å². The van der Waals surface area contributed by atoms with Gasteiger partial charge in [-0.25, -0.2) is 4.98 Å². The lowest BCUT2D eigenvalue weighted by atomic mass is 10.2. The van der Waals surface area contributed by atoms with Gasteiger partial charge in [0, 0.05) is 12.5 Å². The first-order valence-corrected chi connectivity index (χ1v) is 5.62. The van der Waals surface area contributed by atoms with Crippen molar-refractivity contribution in [3.05, 3.63) is 28.8 Å². The Kier molecular flexibility index (Phi) is 2.52. The minimum atomic E-state index is 0.508. The predicted octanol–water partition coefficient (Wildman–Crippen LogP) is 2.88. The number of aromatic nitrogens is 1. The van der Waals surface area contributed by atoms with Crippen LogP contribution in [0.2, 0.25) is 0 Å². The lowest BCUT2D eigenvalue weighted by Crippen LogP contribution is -1.95. The van der Waals surface area contributed by atoms with E-state index in [-0.39, 0.29) is 0 Å². The second-order valence-corrected chi connectivity index (χ2v) is 4.78. The molecule has 1 heterocycles. The zero-order valence-corrected chi connectivity index (χ0v) is 9.27. The Labute approximate surface area is 87.8 Å². The van der Waals surface area contributed by atoms with E-state index in [4.69, 9.17) is 5.73 Å². The molecule has 0 aliphatic heterocycles. The summed E-state index contributed by atoms with van der Waals surface area (Å²) in [6.07, 6.45) is 0. The molecule has 0 saturated carbocycles. The first-order chi connectivity index (χ1) is 6.70. The summed E-state index contributed by atoms with van der Waals surface area (Å²) in [5.41, 5.74) is 7.82. The standard InChI is InChI=1S/C11H14N2S/c1-7(2)11-13-9-5-8(6-12)3-4-10(9)14-11/h3-5,7H,6,12H2,1-2H3. The van der Waals surface area contributed by atoms with Crippen molar-refractivity contribution in [3.8, 4) is 0 Å². The number of thiazole rings is 1. The Hall–Kier alpha value is -0.930. The molecule has 1 aromatic carbocycles. The molecule has 0 amide bonds. The molecule has 0 saturated heterocycles. The topological polar surface area (TPSA) is 38.9 Å². The van der Waals surface area contributed by atoms with E-state index < -0.39 is 0 Å². The van der Waals surface area contributed by atoms with E-state index in [2.05, 4.69) is 37.0 Å². The first-order valence-electron chi connectivity index (χ1n) is 4.80. The van der Waals surface area contributed by atoms with E-state index in [1.54, 1.807) is 11.3 Å². The maximum absolute atomic E-state index is 5.58. The van der Waals surface area contributed by atoms with Crippen LogP contribution < -0.4 is 5.73 Å². The summed E-state index contributed by atoms with van der Waals surface area (Å²) >= 11 is 1.77. The highest BCUT2D eigenvalue weighted by Crippen LogP contribution is 2.27. The van der Waals surface area contributed by atoms with E-state index in [1.165, 1.54) is 9.71 Å². The molecule has 0 aliphatic rings. The number of hydrogen-bond acceptors (Lipinski definition) is 3. The number of rotatable bonds is 2. The molecule has 1 aromatic heterocycles. The van der Waals surface area contributed by atoms with Crippen molar-refractivity contribution < 1.29 is 0 Å². The van der Waals surface area contributed by atoms with Gasteiger partial charge in [-0.05, 0) is 17.7 Å². The lowest BCUT2D eigenvalue weighted by Gasteiger charge is -1.94.